The van der Waals surface area contributed by atoms with E-state index >= 15 is 0 Å². The topological polar surface area (TPSA) is 18.5 Å². The zero-order valence-electron chi connectivity index (χ0n) is 19.5. The molecule has 170 valence electrons. The van der Waals surface area contributed by atoms with Crippen LogP contribution in [0.4, 0.5) is 0 Å². The van der Waals surface area contributed by atoms with Crippen LogP contribution in [0.1, 0.15) is 83.6 Å². The highest BCUT2D eigenvalue weighted by molar-refractivity contribution is 7.66. The number of benzene rings is 2. The molecular weight excluding hydrogens is 399 g/mol. The maximum atomic E-state index is 6.70. The van der Waals surface area contributed by atoms with E-state index in [1.807, 2.05) is 0 Å². The molecule has 1 heterocycles. The van der Waals surface area contributed by atoms with Gasteiger partial charge in [-0.1, -0.05) is 126 Å². The third-order valence-electron chi connectivity index (χ3n) is 6.15. The highest BCUT2D eigenvalue weighted by atomic mass is 31.1. The summed E-state index contributed by atoms with van der Waals surface area (Å²) >= 11 is 0. The molecule has 0 N–H and O–H groups in total. The molecule has 0 bridgehead atoms. The Labute approximate surface area is 191 Å². The number of hydrogen-bond acceptors (Lipinski definition) is 2. The van der Waals surface area contributed by atoms with E-state index in [0.717, 1.165) is 19.3 Å². The summed E-state index contributed by atoms with van der Waals surface area (Å²) in [4.78, 5) is 0. The number of rotatable bonds is 13. The second-order valence-electron chi connectivity index (χ2n) is 8.74. The van der Waals surface area contributed by atoms with Gasteiger partial charge in [0.05, 0.1) is 11.7 Å². The average molecular weight is 441 g/mol. The Bertz CT molecular complexity index is 683. The van der Waals surface area contributed by atoms with Crippen molar-refractivity contribution in [2.24, 2.45) is 0 Å². The van der Waals surface area contributed by atoms with Crippen molar-refractivity contribution in [1.82, 2.24) is 0 Å². The van der Waals surface area contributed by atoms with Crippen molar-refractivity contribution in [2.75, 3.05) is 0 Å². The Balaban J connectivity index is 1.76. The van der Waals surface area contributed by atoms with E-state index in [1.54, 1.807) is 0 Å². The van der Waals surface area contributed by atoms with Crippen LogP contribution in [-0.2, 0) is 15.9 Å². The van der Waals surface area contributed by atoms with Crippen LogP contribution in [0.5, 0.6) is 0 Å². The number of ether oxygens (including phenoxy) is 2. The molecule has 0 aliphatic carbocycles. The van der Waals surface area contributed by atoms with E-state index in [0.29, 0.717) is 11.7 Å². The standard InChI is InChI=1S/C28H41O2P/c1-3-5-7-15-21-27-29-26(23-24-17-11-9-12-18-24)30-28(22-16-8-6-4-2)31(27)25-19-13-10-14-20-25/h9-14,17-20,26-28H,3-8,15-16,21-23H2,1-2H3. The SMILES string of the molecule is CCCCCCC1OC(Cc2ccccc2)OC(CCCCCC)P1c1ccccc1. The molecule has 0 amide bonds. The van der Waals surface area contributed by atoms with Gasteiger partial charge < -0.3 is 9.47 Å². The Morgan fingerprint density at radius 2 is 1.16 bits per heavy atom. The second-order valence-corrected chi connectivity index (χ2v) is 11.2. The zero-order chi connectivity index (χ0) is 21.7. The first-order valence-corrected chi connectivity index (χ1v) is 14.0. The van der Waals surface area contributed by atoms with Crippen LogP contribution in [-0.4, -0.2) is 18.0 Å². The first-order chi connectivity index (χ1) is 15.3. The fraction of sp³-hybridized carbons (Fsp3) is 0.571. The Hall–Kier alpha value is -1.21. The summed E-state index contributed by atoms with van der Waals surface area (Å²) in [6.45, 7) is 4.56. The second kappa shape index (κ2) is 14.0. The first-order valence-electron chi connectivity index (χ1n) is 12.5. The van der Waals surface area contributed by atoms with Crippen molar-refractivity contribution in [2.45, 2.75) is 102 Å². The summed E-state index contributed by atoms with van der Waals surface area (Å²) in [6.07, 6.45) is 13.3. The van der Waals surface area contributed by atoms with Crippen LogP contribution in [0.25, 0.3) is 0 Å². The Morgan fingerprint density at radius 1 is 0.645 bits per heavy atom. The summed E-state index contributed by atoms with van der Waals surface area (Å²) in [5, 5.41) is 1.44. The molecule has 1 saturated heterocycles. The van der Waals surface area contributed by atoms with Crippen molar-refractivity contribution in [1.29, 1.82) is 0 Å². The Kier molecular flexibility index (Phi) is 11.1. The van der Waals surface area contributed by atoms with Crippen LogP contribution in [0.3, 0.4) is 0 Å². The van der Waals surface area contributed by atoms with E-state index in [2.05, 4.69) is 74.5 Å². The molecule has 0 spiro atoms. The summed E-state index contributed by atoms with van der Waals surface area (Å²) in [6, 6.07) is 21.7. The molecule has 0 saturated carbocycles. The van der Waals surface area contributed by atoms with Gasteiger partial charge >= 0.3 is 0 Å². The molecule has 1 fully saturated rings. The molecule has 3 rings (SSSR count). The molecule has 2 atom stereocenters. The molecule has 3 heteroatoms. The van der Waals surface area contributed by atoms with Gasteiger partial charge in [0, 0.05) is 6.42 Å². The third kappa shape index (κ3) is 8.01. The molecule has 1 aliphatic heterocycles. The minimum atomic E-state index is -0.481. The van der Waals surface area contributed by atoms with Crippen LogP contribution in [0.15, 0.2) is 60.7 Å². The van der Waals surface area contributed by atoms with Crippen molar-refractivity contribution < 1.29 is 9.47 Å². The lowest BCUT2D eigenvalue weighted by Gasteiger charge is -2.43. The smallest absolute Gasteiger partial charge is 0.163 e. The van der Waals surface area contributed by atoms with E-state index in [9.17, 15) is 0 Å². The van der Waals surface area contributed by atoms with Crippen LogP contribution >= 0.6 is 7.92 Å². The summed E-state index contributed by atoms with van der Waals surface area (Å²) in [5.41, 5.74) is 1.30. The van der Waals surface area contributed by atoms with Gasteiger partial charge in [0.1, 0.15) is 0 Å². The molecule has 2 aromatic carbocycles. The first kappa shape index (κ1) is 24.4. The van der Waals surface area contributed by atoms with Gasteiger partial charge in [-0.25, -0.2) is 0 Å². The molecule has 2 unspecified atom stereocenters. The average Bonchev–Trinajstić information content (AvgIpc) is 2.81. The van der Waals surface area contributed by atoms with Crippen LogP contribution < -0.4 is 5.30 Å². The van der Waals surface area contributed by atoms with Gasteiger partial charge in [-0.3, -0.25) is 0 Å². The van der Waals surface area contributed by atoms with E-state index in [-0.39, 0.29) is 6.29 Å². The van der Waals surface area contributed by atoms with Gasteiger partial charge in [-0.15, -0.1) is 0 Å². The van der Waals surface area contributed by atoms with Crippen LogP contribution in [0, 0.1) is 0 Å². The molecule has 31 heavy (non-hydrogen) atoms. The fourth-order valence-corrected chi connectivity index (χ4v) is 7.45. The van der Waals surface area contributed by atoms with E-state index < -0.39 is 7.92 Å². The highest BCUT2D eigenvalue weighted by Gasteiger charge is 2.39. The largest absolute Gasteiger partial charge is 0.344 e. The summed E-state index contributed by atoms with van der Waals surface area (Å²) in [5.74, 6) is 0.598. The molecule has 0 aromatic heterocycles. The minimum absolute atomic E-state index is 0.128. The lowest BCUT2D eigenvalue weighted by Crippen LogP contribution is -2.40. The summed E-state index contributed by atoms with van der Waals surface area (Å²) in [7, 11) is -0.481. The molecule has 2 nitrogen and oxygen atoms in total. The fourth-order valence-electron chi connectivity index (χ4n) is 4.44. The quantitative estimate of drug-likeness (QED) is 0.232. The zero-order valence-corrected chi connectivity index (χ0v) is 20.4. The predicted molar refractivity (Wildman–Crippen MR) is 134 cm³/mol. The molecular formula is C28H41O2P. The minimum Gasteiger partial charge on any atom is -0.344 e. The molecule has 1 aliphatic rings. The van der Waals surface area contributed by atoms with Crippen molar-refractivity contribution >= 4 is 13.2 Å². The lowest BCUT2D eigenvalue weighted by molar-refractivity contribution is -0.178. The van der Waals surface area contributed by atoms with Gasteiger partial charge in [-0.2, -0.15) is 0 Å². The van der Waals surface area contributed by atoms with Crippen molar-refractivity contribution in [3.05, 3.63) is 66.2 Å². The molecule has 2 aromatic rings. The molecule has 0 radical (unpaired) electrons. The maximum Gasteiger partial charge on any atom is 0.163 e. The Morgan fingerprint density at radius 3 is 1.68 bits per heavy atom. The number of unbranched alkanes of at least 4 members (excludes halogenated alkanes) is 6. The van der Waals surface area contributed by atoms with Crippen molar-refractivity contribution in [3.63, 3.8) is 0 Å². The van der Waals surface area contributed by atoms with Gasteiger partial charge in [0.15, 0.2) is 6.29 Å². The van der Waals surface area contributed by atoms with Gasteiger partial charge in [0.25, 0.3) is 0 Å². The van der Waals surface area contributed by atoms with Gasteiger partial charge in [0.2, 0.25) is 0 Å². The third-order valence-corrected chi connectivity index (χ3v) is 9.04. The van der Waals surface area contributed by atoms with Crippen molar-refractivity contribution in [3.8, 4) is 0 Å². The highest BCUT2D eigenvalue weighted by Crippen LogP contribution is 2.54. The monoisotopic (exact) mass is 440 g/mol. The normalized spacial score (nSPS) is 23.7. The van der Waals surface area contributed by atoms with E-state index in [4.69, 9.17) is 9.47 Å². The summed E-state index contributed by atoms with van der Waals surface area (Å²) < 4.78 is 13.4. The van der Waals surface area contributed by atoms with Gasteiger partial charge in [-0.05, 0) is 31.6 Å². The van der Waals surface area contributed by atoms with E-state index in [1.165, 1.54) is 62.2 Å². The maximum absolute atomic E-state index is 6.70. The lowest BCUT2D eigenvalue weighted by atomic mass is 10.1. The number of hydrogen-bond donors (Lipinski definition) is 0. The predicted octanol–water partition coefficient (Wildman–Crippen LogP) is 8.00. The van der Waals surface area contributed by atoms with Crippen LogP contribution in [0.2, 0.25) is 0 Å².